The Kier molecular flexibility index (Phi) is 5.96. The summed E-state index contributed by atoms with van der Waals surface area (Å²) in [4.78, 5) is 18.1. The van der Waals surface area contributed by atoms with E-state index >= 15 is 0 Å². The van der Waals surface area contributed by atoms with Gasteiger partial charge < -0.3 is 25.0 Å². The molecule has 180 valence electrons. The minimum Gasteiger partial charge on any atom is -0.374 e. The molecule has 5 rings (SSSR count). The predicted molar refractivity (Wildman–Crippen MR) is 140 cm³/mol. The van der Waals surface area contributed by atoms with Crippen LogP contribution in [0.25, 0.3) is 0 Å². The van der Waals surface area contributed by atoms with Crippen molar-refractivity contribution < 1.29 is 4.57 Å². The van der Waals surface area contributed by atoms with Crippen molar-refractivity contribution in [1.82, 2.24) is 19.9 Å². The van der Waals surface area contributed by atoms with Gasteiger partial charge in [-0.1, -0.05) is 6.07 Å². The van der Waals surface area contributed by atoms with Crippen LogP contribution >= 0.6 is 7.14 Å². The Bertz CT molecular complexity index is 1380. The smallest absolute Gasteiger partial charge is 0.229 e. The summed E-state index contributed by atoms with van der Waals surface area (Å²) in [6, 6.07) is 11.8. The number of hydrogen-bond donors (Lipinski definition) is 2. The molecule has 0 fully saturated rings. The third kappa shape index (κ3) is 4.72. The number of hydrogen-bond acceptors (Lipinski definition) is 9. The first-order chi connectivity index (χ1) is 16.7. The van der Waals surface area contributed by atoms with Crippen LogP contribution in [0.3, 0.4) is 0 Å². The molecule has 0 saturated heterocycles. The molecular weight excluding hydrogens is 459 g/mol. The first-order valence-corrected chi connectivity index (χ1v) is 14.2. The van der Waals surface area contributed by atoms with Crippen molar-refractivity contribution in [2.24, 2.45) is 0 Å². The minimum atomic E-state index is -2.52. The highest BCUT2D eigenvalue weighted by atomic mass is 31.2. The number of likely N-dealkylation sites (N-methyl/N-ethyl adjacent to an activating group) is 1. The molecule has 4 heterocycles. The molecule has 1 unspecified atom stereocenters. The summed E-state index contributed by atoms with van der Waals surface area (Å²) in [5.74, 6) is 1.76. The summed E-state index contributed by atoms with van der Waals surface area (Å²) >= 11 is 0. The number of nitrogens with zero attached hydrogens (tertiary/aromatic N) is 6. The van der Waals surface area contributed by atoms with E-state index in [2.05, 4.69) is 67.7 Å². The van der Waals surface area contributed by atoms with E-state index in [4.69, 9.17) is 0 Å². The molecule has 2 N–H and O–H groups in total. The maximum absolute atomic E-state index is 12.4. The van der Waals surface area contributed by atoms with Crippen LogP contribution in [0.2, 0.25) is 0 Å². The van der Waals surface area contributed by atoms with E-state index in [9.17, 15) is 9.83 Å². The molecule has 2 aliphatic heterocycles. The number of anilines is 5. The maximum atomic E-state index is 12.4. The van der Waals surface area contributed by atoms with E-state index in [1.165, 1.54) is 29.4 Å². The standard InChI is InChI=1S/C25H29N8OP/c1-32-14-16-8-9-33(2)20-11-19(10-17(15-32)23(16)20)28-25-27-13-18(12-26)24(31-25)30-21-6-5-7-22(29-21)35(3,4)34/h5-7,10-11,13,16H,8-9,14-15H2,1-4H3,(H2,27,28,29,30,31). The molecule has 3 aromatic rings. The summed E-state index contributed by atoms with van der Waals surface area (Å²) in [7, 11) is 1.79. The summed E-state index contributed by atoms with van der Waals surface area (Å²) < 4.78 is 12.4. The zero-order valence-electron chi connectivity index (χ0n) is 20.4. The molecule has 35 heavy (non-hydrogen) atoms. The fourth-order valence-corrected chi connectivity index (χ4v) is 5.67. The normalized spacial score (nSPS) is 17.5. The van der Waals surface area contributed by atoms with Gasteiger partial charge in [0.05, 0.1) is 6.20 Å². The summed E-state index contributed by atoms with van der Waals surface area (Å²) in [6.45, 7) is 6.38. The van der Waals surface area contributed by atoms with Gasteiger partial charge in [0, 0.05) is 44.0 Å². The van der Waals surface area contributed by atoms with Crippen LogP contribution in [-0.4, -0.2) is 60.4 Å². The Hall–Kier alpha value is -3.47. The second kappa shape index (κ2) is 8.95. The highest BCUT2D eigenvalue weighted by Gasteiger charge is 2.31. The summed E-state index contributed by atoms with van der Waals surface area (Å²) in [5.41, 5.74) is 5.76. The number of nitriles is 1. The lowest BCUT2D eigenvalue weighted by atomic mass is 9.83. The van der Waals surface area contributed by atoms with E-state index < -0.39 is 7.14 Å². The average molecular weight is 489 g/mol. The van der Waals surface area contributed by atoms with Crippen LogP contribution < -0.4 is 21.0 Å². The lowest BCUT2D eigenvalue weighted by molar-refractivity contribution is 0.272. The third-order valence-electron chi connectivity index (χ3n) is 6.55. The van der Waals surface area contributed by atoms with Crippen LogP contribution in [-0.2, 0) is 11.1 Å². The molecular formula is C25H29N8OP. The molecule has 0 radical (unpaired) electrons. The number of pyridine rings is 1. The van der Waals surface area contributed by atoms with Crippen molar-refractivity contribution in [2.45, 2.75) is 18.9 Å². The largest absolute Gasteiger partial charge is 0.374 e. The van der Waals surface area contributed by atoms with Crippen molar-refractivity contribution in [2.75, 3.05) is 56.0 Å². The molecule has 0 bridgehead atoms. The van der Waals surface area contributed by atoms with E-state index in [1.54, 1.807) is 31.5 Å². The molecule has 0 amide bonds. The Labute approximate surface area is 205 Å². The van der Waals surface area contributed by atoms with Gasteiger partial charge in [-0.05, 0) is 62.2 Å². The summed E-state index contributed by atoms with van der Waals surface area (Å²) in [5, 5.41) is 16.0. The van der Waals surface area contributed by atoms with Crippen LogP contribution in [0.1, 0.15) is 29.0 Å². The van der Waals surface area contributed by atoms with Gasteiger partial charge in [-0.3, -0.25) is 0 Å². The molecule has 1 atom stereocenters. The van der Waals surface area contributed by atoms with Gasteiger partial charge in [0.15, 0.2) is 5.82 Å². The van der Waals surface area contributed by atoms with Gasteiger partial charge in [-0.25, -0.2) is 9.97 Å². The van der Waals surface area contributed by atoms with Crippen LogP contribution in [0.5, 0.6) is 0 Å². The predicted octanol–water partition coefficient (Wildman–Crippen LogP) is 3.85. The zero-order chi connectivity index (χ0) is 24.7. The van der Waals surface area contributed by atoms with Crippen molar-refractivity contribution >= 4 is 41.5 Å². The zero-order valence-corrected chi connectivity index (χ0v) is 21.3. The highest BCUT2D eigenvalue weighted by molar-refractivity contribution is 7.69. The van der Waals surface area contributed by atoms with Gasteiger partial charge in [0.25, 0.3) is 0 Å². The highest BCUT2D eigenvalue weighted by Crippen LogP contribution is 2.42. The van der Waals surface area contributed by atoms with E-state index in [0.717, 1.165) is 25.3 Å². The SMILES string of the molecule is CN1Cc2cc(Nc3ncc(C#N)c(Nc4cccc(P(C)(C)=O)n4)n3)cc3c2C(CCN3C)C1. The molecule has 9 nitrogen and oxygen atoms in total. The number of rotatable bonds is 5. The molecule has 2 aromatic heterocycles. The summed E-state index contributed by atoms with van der Waals surface area (Å²) in [6.07, 6.45) is 2.66. The fourth-order valence-electron chi connectivity index (χ4n) is 4.88. The van der Waals surface area contributed by atoms with E-state index in [0.29, 0.717) is 34.5 Å². The Balaban J connectivity index is 1.46. The van der Waals surface area contributed by atoms with Gasteiger partial charge in [-0.2, -0.15) is 10.2 Å². The number of benzene rings is 1. The van der Waals surface area contributed by atoms with E-state index in [1.807, 2.05) is 0 Å². The van der Waals surface area contributed by atoms with Crippen molar-refractivity contribution in [3.63, 3.8) is 0 Å². The third-order valence-corrected chi connectivity index (χ3v) is 7.90. The first-order valence-electron chi connectivity index (χ1n) is 11.6. The molecule has 10 heteroatoms. The van der Waals surface area contributed by atoms with E-state index in [-0.39, 0.29) is 0 Å². The van der Waals surface area contributed by atoms with Gasteiger partial charge in [0.1, 0.15) is 30.0 Å². The Morgan fingerprint density at radius 1 is 1.17 bits per heavy atom. The lowest BCUT2D eigenvalue weighted by Gasteiger charge is -2.40. The lowest BCUT2D eigenvalue weighted by Crippen LogP contribution is -2.37. The Morgan fingerprint density at radius 2 is 2.00 bits per heavy atom. The fraction of sp³-hybridized carbons (Fsp3) is 0.360. The minimum absolute atomic E-state index is 0.295. The molecule has 0 aliphatic carbocycles. The molecule has 1 aromatic carbocycles. The van der Waals surface area contributed by atoms with Gasteiger partial charge >= 0.3 is 0 Å². The first kappa shape index (κ1) is 23.3. The quantitative estimate of drug-likeness (QED) is 0.518. The average Bonchev–Trinajstić information content (AvgIpc) is 2.81. The molecule has 2 aliphatic rings. The second-order valence-corrected chi connectivity index (χ2v) is 12.9. The monoisotopic (exact) mass is 488 g/mol. The number of aromatic nitrogens is 3. The topological polar surface area (TPSA) is 110 Å². The van der Waals surface area contributed by atoms with Gasteiger partial charge in [-0.15, -0.1) is 0 Å². The van der Waals surface area contributed by atoms with Crippen LogP contribution in [0.4, 0.5) is 29.0 Å². The van der Waals surface area contributed by atoms with Crippen molar-refractivity contribution in [3.05, 3.63) is 53.2 Å². The van der Waals surface area contributed by atoms with Crippen LogP contribution in [0.15, 0.2) is 36.5 Å². The van der Waals surface area contributed by atoms with Gasteiger partial charge in [0.2, 0.25) is 5.95 Å². The second-order valence-electron chi connectivity index (χ2n) is 9.72. The van der Waals surface area contributed by atoms with Crippen molar-refractivity contribution in [1.29, 1.82) is 5.26 Å². The van der Waals surface area contributed by atoms with Crippen molar-refractivity contribution in [3.8, 4) is 6.07 Å². The Morgan fingerprint density at radius 3 is 2.77 bits per heavy atom. The molecule has 0 spiro atoms. The molecule has 0 saturated carbocycles. The maximum Gasteiger partial charge on any atom is 0.229 e. The number of nitrogens with one attached hydrogen (secondary N) is 2. The van der Waals surface area contributed by atoms with Crippen LogP contribution in [0, 0.1) is 11.3 Å².